The van der Waals surface area contributed by atoms with Gasteiger partial charge in [-0.1, -0.05) is 24.3 Å². The van der Waals surface area contributed by atoms with Gasteiger partial charge in [0.25, 0.3) is 0 Å². The molecule has 0 radical (unpaired) electrons. The Bertz CT molecular complexity index is 711. The third kappa shape index (κ3) is 8.24. The molecular weight excluding hydrogens is 469 g/mol. The minimum Gasteiger partial charge on any atom is -0.494 e. The summed E-state index contributed by atoms with van der Waals surface area (Å²) in [6.07, 6.45) is 1.75. The molecule has 0 atom stereocenters. The molecule has 0 amide bonds. The first-order chi connectivity index (χ1) is 13.3. The Hall–Kier alpha value is -2.16. The average molecular weight is 499 g/mol. The third-order valence-electron chi connectivity index (χ3n) is 4.00. The number of methoxy groups -OCH3 is 2. The van der Waals surface area contributed by atoms with Gasteiger partial charge < -0.3 is 24.8 Å². The number of guanidine groups is 1. The molecule has 28 heavy (non-hydrogen) atoms. The van der Waals surface area contributed by atoms with Crippen LogP contribution in [-0.2, 0) is 6.42 Å². The molecule has 0 spiro atoms. The van der Waals surface area contributed by atoms with Gasteiger partial charge >= 0.3 is 0 Å². The predicted molar refractivity (Wildman–Crippen MR) is 125 cm³/mol. The summed E-state index contributed by atoms with van der Waals surface area (Å²) < 4.78 is 16.3. The van der Waals surface area contributed by atoms with Gasteiger partial charge in [-0.15, -0.1) is 24.0 Å². The smallest absolute Gasteiger partial charge is 0.190 e. The molecule has 0 fully saturated rings. The molecule has 154 valence electrons. The van der Waals surface area contributed by atoms with Gasteiger partial charge in [-0.2, -0.15) is 0 Å². The minimum absolute atomic E-state index is 0. The van der Waals surface area contributed by atoms with Crippen LogP contribution in [0.25, 0.3) is 0 Å². The molecule has 0 aliphatic carbocycles. The summed E-state index contributed by atoms with van der Waals surface area (Å²) in [5, 5.41) is 6.62. The molecular formula is C21H30IN3O3. The van der Waals surface area contributed by atoms with Gasteiger partial charge in [0.2, 0.25) is 0 Å². The van der Waals surface area contributed by atoms with Crippen molar-refractivity contribution in [1.29, 1.82) is 0 Å². The lowest BCUT2D eigenvalue weighted by Gasteiger charge is -2.13. The summed E-state index contributed by atoms with van der Waals surface area (Å²) in [7, 11) is 5.05. The topological polar surface area (TPSA) is 64.1 Å². The van der Waals surface area contributed by atoms with Crippen molar-refractivity contribution in [3.05, 3.63) is 54.1 Å². The maximum Gasteiger partial charge on any atom is 0.190 e. The second-order valence-corrected chi connectivity index (χ2v) is 5.88. The van der Waals surface area contributed by atoms with Gasteiger partial charge in [-0.3, -0.25) is 4.99 Å². The van der Waals surface area contributed by atoms with Crippen LogP contribution in [0.3, 0.4) is 0 Å². The molecule has 0 heterocycles. The van der Waals surface area contributed by atoms with Crippen LogP contribution in [0.4, 0.5) is 0 Å². The number of hydrogen-bond donors (Lipinski definition) is 2. The Labute approximate surface area is 184 Å². The van der Waals surface area contributed by atoms with Crippen molar-refractivity contribution in [2.75, 3.05) is 41.0 Å². The number of nitrogens with zero attached hydrogens (tertiary/aromatic N) is 1. The van der Waals surface area contributed by atoms with Gasteiger partial charge in [0.05, 0.1) is 20.8 Å². The summed E-state index contributed by atoms with van der Waals surface area (Å²) in [6.45, 7) is 2.23. The highest BCUT2D eigenvalue weighted by atomic mass is 127. The normalized spacial score (nSPS) is 10.6. The molecule has 7 heteroatoms. The molecule has 6 nitrogen and oxygen atoms in total. The fourth-order valence-corrected chi connectivity index (χ4v) is 2.57. The Morgan fingerprint density at radius 3 is 2.32 bits per heavy atom. The van der Waals surface area contributed by atoms with Crippen LogP contribution >= 0.6 is 24.0 Å². The van der Waals surface area contributed by atoms with Crippen LogP contribution in [0, 0.1) is 0 Å². The van der Waals surface area contributed by atoms with Crippen molar-refractivity contribution in [1.82, 2.24) is 10.6 Å². The molecule has 0 saturated heterocycles. The van der Waals surface area contributed by atoms with Crippen LogP contribution in [0.1, 0.15) is 12.0 Å². The third-order valence-corrected chi connectivity index (χ3v) is 4.00. The summed E-state index contributed by atoms with van der Waals surface area (Å²) in [5.41, 5.74) is 1.17. The van der Waals surface area contributed by atoms with Crippen molar-refractivity contribution in [2.24, 2.45) is 4.99 Å². The highest BCUT2D eigenvalue weighted by Crippen LogP contribution is 2.27. The van der Waals surface area contributed by atoms with Crippen LogP contribution in [-0.4, -0.2) is 46.9 Å². The lowest BCUT2D eigenvalue weighted by molar-refractivity contribution is 0.311. The SMILES string of the molecule is CN=C(NCCCOc1ccccc1)NCCc1ccc(OC)c(OC)c1.I. The molecule has 0 aromatic heterocycles. The minimum atomic E-state index is 0. The van der Waals surface area contributed by atoms with E-state index in [1.54, 1.807) is 21.3 Å². The van der Waals surface area contributed by atoms with E-state index in [0.29, 0.717) is 6.61 Å². The molecule has 2 N–H and O–H groups in total. The summed E-state index contributed by atoms with van der Waals surface area (Å²) in [5.74, 6) is 3.17. The molecule has 0 bridgehead atoms. The van der Waals surface area contributed by atoms with Gasteiger partial charge in [0.1, 0.15) is 5.75 Å². The number of ether oxygens (including phenoxy) is 3. The van der Waals surface area contributed by atoms with E-state index in [-0.39, 0.29) is 24.0 Å². The first-order valence-electron chi connectivity index (χ1n) is 9.10. The van der Waals surface area contributed by atoms with Crippen molar-refractivity contribution >= 4 is 29.9 Å². The average Bonchev–Trinajstić information content (AvgIpc) is 2.72. The molecule has 2 aromatic rings. The van der Waals surface area contributed by atoms with Gasteiger partial charge in [-0.05, 0) is 42.7 Å². The van der Waals surface area contributed by atoms with E-state index >= 15 is 0 Å². The number of hydrogen-bond acceptors (Lipinski definition) is 4. The van der Waals surface area contributed by atoms with E-state index in [1.807, 2.05) is 48.5 Å². The van der Waals surface area contributed by atoms with E-state index in [9.17, 15) is 0 Å². The second kappa shape index (κ2) is 13.9. The zero-order chi connectivity index (χ0) is 19.3. The fourth-order valence-electron chi connectivity index (χ4n) is 2.57. The molecule has 0 aliphatic rings. The molecule has 2 aromatic carbocycles. The van der Waals surface area contributed by atoms with E-state index in [2.05, 4.69) is 15.6 Å². The van der Waals surface area contributed by atoms with Crippen LogP contribution in [0.15, 0.2) is 53.5 Å². The maximum atomic E-state index is 5.68. The van der Waals surface area contributed by atoms with Gasteiger partial charge in [0, 0.05) is 20.1 Å². The van der Waals surface area contributed by atoms with Crippen molar-refractivity contribution < 1.29 is 14.2 Å². The Kier molecular flexibility index (Phi) is 11.9. The quantitative estimate of drug-likeness (QED) is 0.227. The van der Waals surface area contributed by atoms with Gasteiger partial charge in [-0.25, -0.2) is 0 Å². The number of benzene rings is 2. The Balaban J connectivity index is 0.00000392. The number of nitrogens with one attached hydrogen (secondary N) is 2. The zero-order valence-corrected chi connectivity index (χ0v) is 19.1. The van der Waals surface area contributed by atoms with E-state index in [1.165, 1.54) is 5.56 Å². The summed E-state index contributed by atoms with van der Waals surface area (Å²) >= 11 is 0. The zero-order valence-electron chi connectivity index (χ0n) is 16.7. The predicted octanol–water partition coefficient (Wildman–Crippen LogP) is 3.50. The summed E-state index contributed by atoms with van der Waals surface area (Å²) in [4.78, 5) is 4.25. The Morgan fingerprint density at radius 2 is 1.64 bits per heavy atom. The number of aliphatic imine (C=N–C) groups is 1. The van der Waals surface area contributed by atoms with Crippen molar-refractivity contribution in [3.63, 3.8) is 0 Å². The Morgan fingerprint density at radius 1 is 0.929 bits per heavy atom. The molecule has 2 rings (SSSR count). The van der Waals surface area contributed by atoms with Crippen LogP contribution in [0.2, 0.25) is 0 Å². The second-order valence-electron chi connectivity index (χ2n) is 5.88. The number of halogens is 1. The highest BCUT2D eigenvalue weighted by Gasteiger charge is 2.05. The highest BCUT2D eigenvalue weighted by molar-refractivity contribution is 14.0. The molecule has 0 unspecified atom stereocenters. The number of rotatable bonds is 10. The van der Waals surface area contributed by atoms with E-state index in [0.717, 1.165) is 49.1 Å². The van der Waals surface area contributed by atoms with Gasteiger partial charge in [0.15, 0.2) is 17.5 Å². The molecule has 0 aliphatic heterocycles. The summed E-state index contributed by atoms with van der Waals surface area (Å²) in [6, 6.07) is 15.8. The number of para-hydroxylation sites is 1. The maximum absolute atomic E-state index is 5.68. The largest absolute Gasteiger partial charge is 0.494 e. The van der Waals surface area contributed by atoms with Crippen molar-refractivity contribution in [2.45, 2.75) is 12.8 Å². The van der Waals surface area contributed by atoms with Crippen LogP contribution < -0.4 is 24.8 Å². The standard InChI is InChI=1S/C21H29N3O3.HI/c1-22-21(23-13-7-15-27-18-8-5-4-6-9-18)24-14-12-17-10-11-19(25-2)20(16-17)26-3;/h4-6,8-11,16H,7,12-15H2,1-3H3,(H2,22,23,24);1H. The van der Waals surface area contributed by atoms with Crippen LogP contribution in [0.5, 0.6) is 17.2 Å². The lowest BCUT2D eigenvalue weighted by atomic mass is 10.1. The monoisotopic (exact) mass is 499 g/mol. The van der Waals surface area contributed by atoms with E-state index < -0.39 is 0 Å². The van der Waals surface area contributed by atoms with Crippen molar-refractivity contribution in [3.8, 4) is 17.2 Å². The van der Waals surface area contributed by atoms with E-state index in [4.69, 9.17) is 14.2 Å². The first-order valence-corrected chi connectivity index (χ1v) is 9.10. The first kappa shape index (κ1) is 23.9. The fraction of sp³-hybridized carbons (Fsp3) is 0.381. The lowest BCUT2D eigenvalue weighted by Crippen LogP contribution is -2.39. The molecule has 0 saturated carbocycles.